The van der Waals surface area contributed by atoms with E-state index in [4.69, 9.17) is 0 Å². The Balaban J connectivity index is 1.77. The molecule has 0 saturated carbocycles. The van der Waals surface area contributed by atoms with E-state index in [2.05, 4.69) is 20.9 Å². The normalized spacial score (nSPS) is 11.2. The fraction of sp³-hybridized carbons (Fsp3) is 0.286. The molecule has 0 atom stereocenters. The largest absolute Gasteiger partial charge is 0.341 e. The Morgan fingerprint density at radius 3 is 2.54 bits per heavy atom. The van der Waals surface area contributed by atoms with Crippen LogP contribution in [0.25, 0.3) is 10.9 Å². The lowest BCUT2D eigenvalue weighted by atomic mass is 10.2. The number of carbonyl (C=O) groups excluding carboxylic acids is 1. The average Bonchev–Trinajstić information content (AvgIpc) is 2.67. The number of thioether (sulfide) groups is 1. The van der Waals surface area contributed by atoms with Crippen LogP contribution in [0.1, 0.15) is 25.5 Å². The zero-order valence-electron chi connectivity index (χ0n) is 16.1. The molecule has 0 saturated heterocycles. The molecule has 0 N–H and O–H groups in total. The molecule has 28 heavy (non-hydrogen) atoms. The summed E-state index contributed by atoms with van der Waals surface area (Å²) in [5.74, 6) is 0.218. The number of carbonyl (C=O) groups is 1. The second kappa shape index (κ2) is 8.92. The molecule has 0 aliphatic heterocycles. The first kappa shape index (κ1) is 20.6. The molecule has 0 radical (unpaired) electrons. The molecule has 0 fully saturated rings. The van der Waals surface area contributed by atoms with Gasteiger partial charge in [-0.15, -0.1) is 0 Å². The van der Waals surface area contributed by atoms with Gasteiger partial charge in [-0.1, -0.05) is 52.0 Å². The molecule has 1 aromatic heterocycles. The van der Waals surface area contributed by atoms with E-state index in [0.29, 0.717) is 22.6 Å². The van der Waals surface area contributed by atoms with Crippen LogP contribution in [0.4, 0.5) is 0 Å². The summed E-state index contributed by atoms with van der Waals surface area (Å²) >= 11 is 4.72. The van der Waals surface area contributed by atoms with Crippen LogP contribution in [0.5, 0.6) is 0 Å². The molecule has 0 bridgehead atoms. The molecule has 0 aliphatic carbocycles. The Morgan fingerprint density at radius 1 is 1.18 bits per heavy atom. The van der Waals surface area contributed by atoms with Gasteiger partial charge in [0.05, 0.1) is 16.7 Å². The van der Waals surface area contributed by atoms with Crippen LogP contribution >= 0.6 is 27.7 Å². The highest BCUT2D eigenvalue weighted by Gasteiger charge is 2.16. The van der Waals surface area contributed by atoms with Crippen molar-refractivity contribution in [3.05, 3.63) is 68.9 Å². The van der Waals surface area contributed by atoms with E-state index in [-0.39, 0.29) is 23.3 Å². The molecule has 1 amide bonds. The number of rotatable bonds is 6. The summed E-state index contributed by atoms with van der Waals surface area (Å²) in [5.41, 5.74) is 1.65. The third-order valence-corrected chi connectivity index (χ3v) is 5.84. The monoisotopic (exact) mass is 459 g/mol. The Morgan fingerprint density at radius 2 is 1.86 bits per heavy atom. The molecular formula is C21H22BrN3O2S. The number of amides is 1. The molecule has 2 aromatic carbocycles. The fourth-order valence-electron chi connectivity index (χ4n) is 2.87. The van der Waals surface area contributed by atoms with Crippen molar-refractivity contribution in [3.63, 3.8) is 0 Å². The zero-order chi connectivity index (χ0) is 20.3. The topological polar surface area (TPSA) is 55.2 Å². The van der Waals surface area contributed by atoms with E-state index in [1.807, 2.05) is 56.3 Å². The molecule has 146 valence electrons. The number of fused-ring (bicyclic) bond motifs is 1. The third kappa shape index (κ3) is 4.64. The van der Waals surface area contributed by atoms with Gasteiger partial charge in [0.1, 0.15) is 0 Å². The van der Waals surface area contributed by atoms with Gasteiger partial charge < -0.3 is 4.90 Å². The van der Waals surface area contributed by atoms with Crippen molar-refractivity contribution >= 4 is 44.5 Å². The number of benzene rings is 2. The first-order chi connectivity index (χ1) is 13.4. The summed E-state index contributed by atoms with van der Waals surface area (Å²) in [6.07, 6.45) is 0. The zero-order valence-corrected chi connectivity index (χ0v) is 18.5. The maximum Gasteiger partial charge on any atom is 0.262 e. The van der Waals surface area contributed by atoms with E-state index >= 15 is 0 Å². The van der Waals surface area contributed by atoms with E-state index < -0.39 is 0 Å². The Hall–Kier alpha value is -2.12. The van der Waals surface area contributed by atoms with Crippen molar-refractivity contribution in [2.45, 2.75) is 31.6 Å². The lowest BCUT2D eigenvalue weighted by Crippen LogP contribution is -2.29. The molecule has 5 nitrogen and oxygen atoms in total. The number of hydrogen-bond donors (Lipinski definition) is 0. The van der Waals surface area contributed by atoms with Gasteiger partial charge in [-0.2, -0.15) is 0 Å². The summed E-state index contributed by atoms with van der Waals surface area (Å²) in [6.45, 7) is 4.43. The lowest BCUT2D eigenvalue weighted by Gasteiger charge is -2.19. The summed E-state index contributed by atoms with van der Waals surface area (Å²) in [7, 11) is 1.79. The van der Waals surface area contributed by atoms with Crippen LogP contribution in [0.2, 0.25) is 0 Å². The number of hydrogen-bond acceptors (Lipinski definition) is 4. The second-order valence-corrected chi connectivity index (χ2v) is 8.70. The van der Waals surface area contributed by atoms with Gasteiger partial charge in [0.2, 0.25) is 5.91 Å². The standard InChI is InChI=1S/C21H22BrN3O2S/c1-14(2)25-20(27)17-6-4-5-7-18(17)23-21(25)28-13-19(26)24(3)12-15-8-10-16(22)11-9-15/h4-11,14H,12-13H2,1-3H3. The molecule has 0 aliphatic rings. The minimum absolute atomic E-state index is 0.00867. The first-order valence-corrected chi connectivity index (χ1v) is 10.8. The van der Waals surface area contributed by atoms with E-state index in [0.717, 1.165) is 10.0 Å². The molecule has 1 heterocycles. The summed E-state index contributed by atoms with van der Waals surface area (Å²) in [5, 5.41) is 1.17. The quantitative estimate of drug-likeness (QED) is 0.402. The van der Waals surface area contributed by atoms with Gasteiger partial charge in [-0.25, -0.2) is 4.98 Å². The van der Waals surface area contributed by atoms with Crippen molar-refractivity contribution in [3.8, 4) is 0 Å². The highest BCUT2D eigenvalue weighted by Crippen LogP contribution is 2.21. The maximum absolute atomic E-state index is 12.8. The molecular weight excluding hydrogens is 438 g/mol. The number of nitrogens with zero attached hydrogens (tertiary/aromatic N) is 3. The van der Waals surface area contributed by atoms with Crippen LogP contribution in [-0.2, 0) is 11.3 Å². The van der Waals surface area contributed by atoms with Crippen LogP contribution in [-0.4, -0.2) is 33.2 Å². The second-order valence-electron chi connectivity index (χ2n) is 6.85. The molecule has 0 unspecified atom stereocenters. The first-order valence-electron chi connectivity index (χ1n) is 8.99. The number of para-hydroxylation sites is 1. The van der Waals surface area contributed by atoms with Gasteiger partial charge in [0.25, 0.3) is 5.56 Å². The van der Waals surface area contributed by atoms with Gasteiger partial charge in [-0.05, 0) is 43.7 Å². The van der Waals surface area contributed by atoms with Gasteiger partial charge in [0.15, 0.2) is 5.16 Å². The third-order valence-electron chi connectivity index (χ3n) is 4.38. The van der Waals surface area contributed by atoms with Gasteiger partial charge in [0, 0.05) is 24.1 Å². The van der Waals surface area contributed by atoms with E-state index in [9.17, 15) is 9.59 Å². The molecule has 3 rings (SSSR count). The highest BCUT2D eigenvalue weighted by atomic mass is 79.9. The Labute approximate surface area is 176 Å². The van der Waals surface area contributed by atoms with Gasteiger partial charge in [-0.3, -0.25) is 14.2 Å². The van der Waals surface area contributed by atoms with Crippen molar-refractivity contribution < 1.29 is 4.79 Å². The highest BCUT2D eigenvalue weighted by molar-refractivity contribution is 9.10. The summed E-state index contributed by atoms with van der Waals surface area (Å²) in [6, 6.07) is 15.2. The Bertz CT molecular complexity index is 1050. The maximum atomic E-state index is 12.8. The predicted octanol–water partition coefficient (Wildman–Crippen LogP) is 4.49. The molecule has 7 heteroatoms. The minimum atomic E-state index is -0.0706. The summed E-state index contributed by atoms with van der Waals surface area (Å²) in [4.78, 5) is 31.8. The minimum Gasteiger partial charge on any atom is -0.341 e. The van der Waals surface area contributed by atoms with Crippen LogP contribution in [0, 0.1) is 0 Å². The molecule has 0 spiro atoms. The number of halogens is 1. The summed E-state index contributed by atoms with van der Waals surface area (Å²) < 4.78 is 2.67. The van der Waals surface area contributed by atoms with Crippen molar-refractivity contribution in [2.75, 3.05) is 12.8 Å². The van der Waals surface area contributed by atoms with E-state index in [1.54, 1.807) is 22.6 Å². The van der Waals surface area contributed by atoms with Crippen LogP contribution in [0.15, 0.2) is 63.0 Å². The Kier molecular flexibility index (Phi) is 6.57. The SMILES string of the molecule is CC(C)n1c(SCC(=O)N(C)Cc2ccc(Br)cc2)nc2ccccc2c1=O. The van der Waals surface area contributed by atoms with Crippen molar-refractivity contribution in [1.82, 2.24) is 14.5 Å². The smallest absolute Gasteiger partial charge is 0.262 e. The van der Waals surface area contributed by atoms with Crippen LogP contribution in [0.3, 0.4) is 0 Å². The van der Waals surface area contributed by atoms with Gasteiger partial charge >= 0.3 is 0 Å². The fourth-order valence-corrected chi connectivity index (χ4v) is 4.20. The lowest BCUT2D eigenvalue weighted by molar-refractivity contribution is -0.127. The van der Waals surface area contributed by atoms with Crippen molar-refractivity contribution in [1.29, 1.82) is 0 Å². The van der Waals surface area contributed by atoms with E-state index in [1.165, 1.54) is 11.8 Å². The predicted molar refractivity (Wildman–Crippen MR) is 118 cm³/mol. The average molecular weight is 460 g/mol. The molecule has 3 aromatic rings. The van der Waals surface area contributed by atoms with Crippen molar-refractivity contribution in [2.24, 2.45) is 0 Å². The van der Waals surface area contributed by atoms with Crippen LogP contribution < -0.4 is 5.56 Å². The number of aromatic nitrogens is 2.